The van der Waals surface area contributed by atoms with Crippen LogP contribution in [0.1, 0.15) is 24.8 Å². The average Bonchev–Trinajstić information content (AvgIpc) is 3.10. The summed E-state index contributed by atoms with van der Waals surface area (Å²) in [6.45, 7) is 6.96. The van der Waals surface area contributed by atoms with Gasteiger partial charge in [0.15, 0.2) is 17.4 Å². The molecule has 1 aromatic carbocycles. The molecule has 0 unspecified atom stereocenters. The molecule has 1 fully saturated rings. The number of anilines is 1. The number of alkyl halides is 3. The Labute approximate surface area is 222 Å². The minimum atomic E-state index is -4.56. The molecule has 1 N–H and O–H groups in total. The molecular weight excluding hydrogens is 545 g/mol. The van der Waals surface area contributed by atoms with Crippen molar-refractivity contribution in [3.05, 3.63) is 47.8 Å². The molecule has 0 aliphatic heterocycles. The van der Waals surface area contributed by atoms with E-state index in [0.29, 0.717) is 13.0 Å². The number of carbonyl (C=O) groups excluding carboxylic acids is 1. The van der Waals surface area contributed by atoms with Gasteiger partial charge in [-0.15, -0.1) is 0 Å². The highest BCUT2D eigenvalue weighted by Crippen LogP contribution is 2.57. The monoisotopic (exact) mass is 573 g/mol. The number of hydrogen-bond acceptors (Lipinski definition) is 4. The Hall–Kier alpha value is -2.64. The molecule has 4 rings (SSSR count). The Bertz CT molecular complexity index is 1330. The molecule has 2 aromatic heterocycles. The van der Waals surface area contributed by atoms with Crippen LogP contribution in [0, 0.1) is 11.6 Å². The zero-order chi connectivity index (χ0) is 27.9. The lowest BCUT2D eigenvalue weighted by Crippen LogP contribution is -2.47. The van der Waals surface area contributed by atoms with E-state index in [1.165, 1.54) is 23.0 Å². The summed E-state index contributed by atoms with van der Waals surface area (Å²) in [5.74, 6) is -3.31. The van der Waals surface area contributed by atoms with E-state index in [1.807, 2.05) is 0 Å². The number of benzene rings is 1. The van der Waals surface area contributed by atoms with E-state index in [0.717, 1.165) is 18.2 Å². The van der Waals surface area contributed by atoms with E-state index in [4.69, 9.17) is 9.47 Å². The molecule has 1 saturated carbocycles. The zero-order valence-corrected chi connectivity index (χ0v) is 23.0. The topological polar surface area (TPSA) is 65.4 Å². The maximum atomic E-state index is 14.8. The predicted molar refractivity (Wildman–Crippen MR) is 140 cm³/mol. The number of aromatic nitrogens is 2. The van der Waals surface area contributed by atoms with Crippen LogP contribution < -0.4 is 10.1 Å². The van der Waals surface area contributed by atoms with Crippen molar-refractivity contribution in [1.29, 1.82) is 0 Å². The number of pyridine rings is 1. The molecule has 3 aromatic rings. The molecular formula is C25H28F5N3O3SSi. The summed E-state index contributed by atoms with van der Waals surface area (Å²) in [6, 6.07) is 3.79. The first kappa shape index (κ1) is 28.4. The van der Waals surface area contributed by atoms with Crippen LogP contribution in [0.2, 0.25) is 25.7 Å². The fraction of sp³-hybridized carbons (Fsp3) is 0.440. The fourth-order valence-electron chi connectivity index (χ4n) is 4.47. The highest BCUT2D eigenvalue weighted by molar-refractivity contribution is 7.96. The first-order valence-corrected chi connectivity index (χ1v) is 16.2. The van der Waals surface area contributed by atoms with Crippen molar-refractivity contribution in [3.8, 4) is 11.5 Å². The number of ether oxygens (including phenoxy) is 2. The van der Waals surface area contributed by atoms with Crippen LogP contribution in [0.5, 0.6) is 11.5 Å². The quantitative estimate of drug-likeness (QED) is 0.118. The highest BCUT2D eigenvalue weighted by atomic mass is 32.1. The van der Waals surface area contributed by atoms with Crippen LogP contribution in [0.15, 0.2) is 30.6 Å². The summed E-state index contributed by atoms with van der Waals surface area (Å²) in [5, 5.41) is 1.33. The SMILES string of the molecule is C[Si](C)(C)CCOCn1cc(C2(C(F)(F)F)CCC2)c2c(Oc3c(F)cc(NC(=O)S)cc3F)ccnc21. The summed E-state index contributed by atoms with van der Waals surface area (Å²) in [5.41, 5.74) is -2.24. The fourth-order valence-corrected chi connectivity index (χ4v) is 5.36. The molecule has 0 spiro atoms. The van der Waals surface area contributed by atoms with Crippen LogP contribution in [0.4, 0.5) is 32.4 Å². The molecule has 0 bridgehead atoms. The van der Waals surface area contributed by atoms with E-state index in [2.05, 4.69) is 42.6 Å². The number of halogens is 5. The summed E-state index contributed by atoms with van der Waals surface area (Å²) < 4.78 is 85.6. The third-order valence-corrected chi connectivity index (χ3v) is 8.49. The number of carbonyl (C=O) groups is 1. The second-order valence-electron chi connectivity index (χ2n) is 10.6. The Kier molecular flexibility index (Phi) is 7.83. The van der Waals surface area contributed by atoms with Gasteiger partial charge in [0.25, 0.3) is 5.24 Å². The Morgan fingerprint density at radius 2 is 1.87 bits per heavy atom. The zero-order valence-electron chi connectivity index (χ0n) is 21.1. The molecule has 6 nitrogen and oxygen atoms in total. The maximum absolute atomic E-state index is 14.8. The third kappa shape index (κ3) is 5.69. The van der Waals surface area contributed by atoms with Gasteiger partial charge in [0.05, 0.1) is 10.8 Å². The number of thiol groups is 1. The van der Waals surface area contributed by atoms with Crippen LogP contribution in [-0.2, 0) is 16.9 Å². The van der Waals surface area contributed by atoms with Gasteiger partial charge in [-0.25, -0.2) is 13.8 Å². The predicted octanol–water partition coefficient (Wildman–Crippen LogP) is 7.86. The second-order valence-corrected chi connectivity index (χ2v) is 16.6. The lowest BCUT2D eigenvalue weighted by Gasteiger charge is -2.43. The van der Waals surface area contributed by atoms with Gasteiger partial charge in [-0.05, 0) is 30.5 Å². The van der Waals surface area contributed by atoms with Crippen molar-refractivity contribution < 1.29 is 36.2 Å². The molecule has 1 aliphatic rings. The molecule has 206 valence electrons. The Morgan fingerprint density at radius 3 is 2.39 bits per heavy atom. The standard InChI is InChI=1S/C25H28F5N3O3SSi/c1-38(2,3)10-9-35-14-33-13-16(24(6-4-7-24)25(28,29)30)20-19(5-8-31-22(20)33)36-21-17(26)11-15(12-18(21)27)32-23(34)37/h5,8,11-13H,4,6-7,9-10,14H2,1-3H3,(H2,32,34,37). The molecule has 38 heavy (non-hydrogen) atoms. The molecule has 1 aliphatic carbocycles. The average molecular weight is 574 g/mol. The lowest BCUT2D eigenvalue weighted by molar-refractivity contribution is -0.212. The maximum Gasteiger partial charge on any atom is 0.398 e. The summed E-state index contributed by atoms with van der Waals surface area (Å²) in [7, 11) is -1.39. The van der Waals surface area contributed by atoms with Gasteiger partial charge in [-0.2, -0.15) is 13.2 Å². The number of fused-ring (bicyclic) bond motifs is 1. The number of hydrogen-bond donors (Lipinski definition) is 2. The number of rotatable bonds is 9. The van der Waals surface area contributed by atoms with Crippen LogP contribution in [0.25, 0.3) is 11.0 Å². The van der Waals surface area contributed by atoms with E-state index in [-0.39, 0.29) is 47.6 Å². The van der Waals surface area contributed by atoms with Crippen molar-refractivity contribution in [1.82, 2.24) is 9.55 Å². The van der Waals surface area contributed by atoms with E-state index < -0.39 is 42.3 Å². The third-order valence-electron chi connectivity index (χ3n) is 6.67. The van der Waals surface area contributed by atoms with Crippen molar-refractivity contribution in [2.75, 3.05) is 11.9 Å². The summed E-state index contributed by atoms with van der Waals surface area (Å²) in [6.07, 6.45) is -1.76. The van der Waals surface area contributed by atoms with Crippen LogP contribution in [-0.4, -0.2) is 35.6 Å². The summed E-state index contributed by atoms with van der Waals surface area (Å²) >= 11 is 3.51. The highest BCUT2D eigenvalue weighted by Gasteiger charge is 2.60. The largest absolute Gasteiger partial charge is 0.450 e. The number of nitrogens with zero attached hydrogens (tertiary/aromatic N) is 2. The van der Waals surface area contributed by atoms with Crippen LogP contribution >= 0.6 is 12.6 Å². The van der Waals surface area contributed by atoms with Crippen molar-refractivity contribution in [3.63, 3.8) is 0 Å². The van der Waals surface area contributed by atoms with Crippen LogP contribution in [0.3, 0.4) is 0 Å². The van der Waals surface area contributed by atoms with Crippen molar-refractivity contribution >= 4 is 42.7 Å². The first-order chi connectivity index (χ1) is 17.7. The van der Waals surface area contributed by atoms with Gasteiger partial charge in [0.2, 0.25) is 0 Å². The molecule has 1 amide bonds. The number of nitrogens with one attached hydrogen (secondary N) is 1. The molecule has 0 atom stereocenters. The Balaban J connectivity index is 1.78. The summed E-state index contributed by atoms with van der Waals surface area (Å²) in [4.78, 5) is 15.4. The lowest BCUT2D eigenvalue weighted by atomic mass is 9.64. The molecule has 0 saturated heterocycles. The van der Waals surface area contributed by atoms with Crippen molar-refractivity contribution in [2.45, 2.75) is 63.3 Å². The smallest absolute Gasteiger partial charge is 0.398 e. The Morgan fingerprint density at radius 1 is 1.21 bits per heavy atom. The second kappa shape index (κ2) is 10.5. The van der Waals surface area contributed by atoms with E-state index >= 15 is 0 Å². The van der Waals surface area contributed by atoms with E-state index in [9.17, 15) is 26.7 Å². The van der Waals surface area contributed by atoms with Gasteiger partial charge >= 0.3 is 6.18 Å². The molecule has 2 heterocycles. The van der Waals surface area contributed by atoms with Gasteiger partial charge in [0, 0.05) is 44.9 Å². The first-order valence-electron chi connectivity index (χ1n) is 12.0. The number of amides is 1. The van der Waals surface area contributed by atoms with Gasteiger partial charge in [-0.3, -0.25) is 4.79 Å². The minimum Gasteiger partial charge on any atom is -0.450 e. The molecule has 0 radical (unpaired) electrons. The molecule has 13 heteroatoms. The van der Waals surface area contributed by atoms with Gasteiger partial charge in [-0.1, -0.05) is 38.7 Å². The van der Waals surface area contributed by atoms with E-state index in [1.54, 1.807) is 0 Å². The van der Waals surface area contributed by atoms with Gasteiger partial charge < -0.3 is 19.4 Å². The minimum absolute atomic E-state index is 0.0184. The van der Waals surface area contributed by atoms with Crippen molar-refractivity contribution in [2.24, 2.45) is 0 Å². The normalized spacial score (nSPS) is 15.4. The van der Waals surface area contributed by atoms with Gasteiger partial charge in [0.1, 0.15) is 18.1 Å².